The number of rotatable bonds is 3. The highest BCUT2D eigenvalue weighted by Gasteiger charge is 2.28. The molecule has 102 valence electrons. The maximum Gasteiger partial charge on any atom is 0.244 e. The molecule has 2 atom stereocenters. The number of aryl methyl sites for hydroxylation is 1. The van der Waals surface area contributed by atoms with Crippen molar-refractivity contribution in [3.05, 3.63) is 11.9 Å². The predicted molar refractivity (Wildman–Crippen MR) is 68.7 cm³/mol. The smallest absolute Gasteiger partial charge is 0.244 e. The molecule has 0 bridgehead atoms. The van der Waals surface area contributed by atoms with Gasteiger partial charge in [-0.3, -0.25) is 4.68 Å². The summed E-state index contributed by atoms with van der Waals surface area (Å²) in [5.41, 5.74) is 0.657. The third kappa shape index (κ3) is 2.57. The molecule has 2 rings (SSSR count). The SMILES string of the molecule is Cc1c(S(=O)(=O)NC2CCNCC2C)cnn1C. The Morgan fingerprint density at radius 1 is 1.56 bits per heavy atom. The Hall–Kier alpha value is -0.920. The Bertz CT molecular complexity index is 523. The molecule has 1 aliphatic rings. The summed E-state index contributed by atoms with van der Waals surface area (Å²) in [6.45, 7) is 5.51. The minimum absolute atomic E-state index is 0.00384. The lowest BCUT2D eigenvalue weighted by Gasteiger charge is -2.29. The summed E-state index contributed by atoms with van der Waals surface area (Å²) in [6, 6.07) is -0.00384. The second kappa shape index (κ2) is 4.99. The predicted octanol–water partition coefficient (Wildman–Crippen LogP) is 0.00482. The molecule has 1 fully saturated rings. The van der Waals surface area contributed by atoms with Crippen LogP contribution in [0.3, 0.4) is 0 Å². The van der Waals surface area contributed by atoms with Gasteiger partial charge in [0.25, 0.3) is 0 Å². The van der Waals surface area contributed by atoms with Crippen molar-refractivity contribution < 1.29 is 8.42 Å². The maximum atomic E-state index is 12.3. The molecule has 0 aromatic carbocycles. The molecule has 1 aliphatic heterocycles. The summed E-state index contributed by atoms with van der Waals surface area (Å²) in [5.74, 6) is 0.297. The van der Waals surface area contributed by atoms with Crippen LogP contribution >= 0.6 is 0 Å². The molecular formula is C11H20N4O2S. The minimum atomic E-state index is -3.46. The van der Waals surface area contributed by atoms with Crippen LogP contribution in [-0.2, 0) is 17.1 Å². The number of aromatic nitrogens is 2. The highest BCUT2D eigenvalue weighted by atomic mass is 32.2. The molecular weight excluding hydrogens is 252 g/mol. The van der Waals surface area contributed by atoms with Crippen molar-refractivity contribution in [2.75, 3.05) is 13.1 Å². The second-order valence-corrected chi connectivity index (χ2v) is 6.60. The van der Waals surface area contributed by atoms with E-state index < -0.39 is 10.0 Å². The van der Waals surface area contributed by atoms with Gasteiger partial charge in [0.1, 0.15) is 4.90 Å². The average molecular weight is 272 g/mol. The molecule has 2 heterocycles. The number of hydrogen-bond acceptors (Lipinski definition) is 4. The third-order valence-electron chi connectivity index (χ3n) is 3.57. The molecule has 6 nitrogen and oxygen atoms in total. The van der Waals surface area contributed by atoms with Crippen molar-refractivity contribution in [2.45, 2.75) is 31.2 Å². The summed E-state index contributed by atoms with van der Waals surface area (Å²) < 4.78 is 29.0. The monoisotopic (exact) mass is 272 g/mol. The summed E-state index contributed by atoms with van der Waals surface area (Å²) in [6.07, 6.45) is 2.23. The van der Waals surface area contributed by atoms with E-state index in [1.54, 1.807) is 18.7 Å². The van der Waals surface area contributed by atoms with Gasteiger partial charge in [-0.05, 0) is 32.4 Å². The Balaban J connectivity index is 2.19. The lowest BCUT2D eigenvalue weighted by Crippen LogP contribution is -2.48. The van der Waals surface area contributed by atoms with E-state index in [9.17, 15) is 8.42 Å². The fourth-order valence-corrected chi connectivity index (χ4v) is 3.78. The molecule has 0 radical (unpaired) electrons. The van der Waals surface area contributed by atoms with E-state index in [4.69, 9.17) is 0 Å². The van der Waals surface area contributed by atoms with Crippen LogP contribution in [0.15, 0.2) is 11.1 Å². The number of sulfonamides is 1. The Morgan fingerprint density at radius 2 is 2.28 bits per heavy atom. The molecule has 2 unspecified atom stereocenters. The standard InChI is InChI=1S/C11H20N4O2S/c1-8-6-12-5-4-10(8)14-18(16,17)11-7-13-15(3)9(11)2/h7-8,10,12,14H,4-6H2,1-3H3. The summed E-state index contributed by atoms with van der Waals surface area (Å²) in [4.78, 5) is 0.274. The quantitative estimate of drug-likeness (QED) is 0.812. The third-order valence-corrected chi connectivity index (χ3v) is 5.16. The fraction of sp³-hybridized carbons (Fsp3) is 0.727. The van der Waals surface area contributed by atoms with Crippen LogP contribution in [0.25, 0.3) is 0 Å². The van der Waals surface area contributed by atoms with Crippen LogP contribution in [0, 0.1) is 12.8 Å². The van der Waals surface area contributed by atoms with Gasteiger partial charge in [0, 0.05) is 13.1 Å². The molecule has 0 aliphatic carbocycles. The van der Waals surface area contributed by atoms with E-state index in [0.717, 1.165) is 19.5 Å². The van der Waals surface area contributed by atoms with E-state index >= 15 is 0 Å². The molecule has 2 N–H and O–H groups in total. The Labute approximate surface area is 108 Å². The van der Waals surface area contributed by atoms with Gasteiger partial charge in [0.15, 0.2) is 0 Å². The molecule has 0 amide bonds. The molecule has 1 aromatic rings. The van der Waals surface area contributed by atoms with Crippen molar-refractivity contribution >= 4 is 10.0 Å². The largest absolute Gasteiger partial charge is 0.316 e. The van der Waals surface area contributed by atoms with Crippen LogP contribution in [0.2, 0.25) is 0 Å². The topological polar surface area (TPSA) is 76.0 Å². The molecule has 0 spiro atoms. The van der Waals surface area contributed by atoms with Crippen molar-refractivity contribution in [2.24, 2.45) is 13.0 Å². The maximum absolute atomic E-state index is 12.3. The zero-order valence-corrected chi connectivity index (χ0v) is 11.8. The van der Waals surface area contributed by atoms with Gasteiger partial charge in [0.2, 0.25) is 10.0 Å². The number of nitrogens with one attached hydrogen (secondary N) is 2. The average Bonchev–Trinajstić information content (AvgIpc) is 2.63. The van der Waals surface area contributed by atoms with Crippen LogP contribution in [0.4, 0.5) is 0 Å². The molecule has 0 saturated carbocycles. The van der Waals surface area contributed by atoms with E-state index in [2.05, 4.69) is 22.1 Å². The fourth-order valence-electron chi connectivity index (χ4n) is 2.19. The number of piperidine rings is 1. The van der Waals surface area contributed by atoms with Crippen molar-refractivity contribution in [1.82, 2.24) is 19.8 Å². The van der Waals surface area contributed by atoms with Crippen LogP contribution in [0.1, 0.15) is 19.0 Å². The zero-order chi connectivity index (χ0) is 13.3. The van der Waals surface area contributed by atoms with E-state index in [1.165, 1.54) is 6.20 Å². The lowest BCUT2D eigenvalue weighted by molar-refractivity contribution is 0.328. The molecule has 18 heavy (non-hydrogen) atoms. The highest BCUT2D eigenvalue weighted by molar-refractivity contribution is 7.89. The summed E-state index contributed by atoms with van der Waals surface area (Å²) >= 11 is 0. The first kappa shape index (κ1) is 13.5. The van der Waals surface area contributed by atoms with Crippen molar-refractivity contribution in [3.63, 3.8) is 0 Å². The highest BCUT2D eigenvalue weighted by Crippen LogP contribution is 2.17. The summed E-state index contributed by atoms with van der Waals surface area (Å²) in [5, 5.41) is 7.23. The van der Waals surface area contributed by atoms with Gasteiger partial charge < -0.3 is 5.32 Å². The zero-order valence-electron chi connectivity index (χ0n) is 11.0. The molecule has 1 saturated heterocycles. The van der Waals surface area contributed by atoms with E-state index in [1.807, 2.05) is 0 Å². The normalized spacial score (nSPS) is 25.3. The van der Waals surface area contributed by atoms with Crippen molar-refractivity contribution in [1.29, 1.82) is 0 Å². The van der Waals surface area contributed by atoms with E-state index in [0.29, 0.717) is 11.6 Å². The molecule has 1 aromatic heterocycles. The van der Waals surface area contributed by atoms with Gasteiger partial charge in [-0.25, -0.2) is 13.1 Å². The number of hydrogen-bond donors (Lipinski definition) is 2. The second-order valence-electron chi connectivity index (χ2n) is 4.92. The van der Waals surface area contributed by atoms with Crippen LogP contribution < -0.4 is 10.0 Å². The van der Waals surface area contributed by atoms with Crippen molar-refractivity contribution in [3.8, 4) is 0 Å². The Morgan fingerprint density at radius 3 is 2.83 bits per heavy atom. The first-order chi connectivity index (χ1) is 8.42. The van der Waals surface area contributed by atoms with Gasteiger partial charge in [-0.2, -0.15) is 5.10 Å². The lowest BCUT2D eigenvalue weighted by atomic mass is 9.97. The van der Waals surface area contributed by atoms with Gasteiger partial charge in [-0.1, -0.05) is 6.92 Å². The van der Waals surface area contributed by atoms with E-state index in [-0.39, 0.29) is 10.9 Å². The molecule has 7 heteroatoms. The van der Waals surface area contributed by atoms with Crippen LogP contribution in [0.5, 0.6) is 0 Å². The van der Waals surface area contributed by atoms with Gasteiger partial charge >= 0.3 is 0 Å². The van der Waals surface area contributed by atoms with Crippen LogP contribution in [-0.4, -0.2) is 37.3 Å². The van der Waals surface area contributed by atoms with Gasteiger partial charge in [-0.15, -0.1) is 0 Å². The first-order valence-electron chi connectivity index (χ1n) is 6.13. The first-order valence-corrected chi connectivity index (χ1v) is 7.62. The summed E-state index contributed by atoms with van der Waals surface area (Å²) in [7, 11) is -1.73. The Kier molecular flexibility index (Phi) is 3.74. The number of nitrogens with zero attached hydrogens (tertiary/aromatic N) is 2. The minimum Gasteiger partial charge on any atom is -0.316 e. The van der Waals surface area contributed by atoms with Gasteiger partial charge in [0.05, 0.1) is 11.9 Å².